The summed E-state index contributed by atoms with van der Waals surface area (Å²) >= 11 is 5.81. The molecule has 0 radical (unpaired) electrons. The third-order valence-corrected chi connectivity index (χ3v) is 2.48. The smallest absolute Gasteiger partial charge is 0.240 e. The van der Waals surface area contributed by atoms with Gasteiger partial charge in [-0.15, -0.1) is 0 Å². The van der Waals surface area contributed by atoms with Crippen LogP contribution in [-0.2, 0) is 4.79 Å². The molecule has 1 unspecified atom stereocenters. The molecule has 0 saturated heterocycles. The van der Waals surface area contributed by atoms with Gasteiger partial charge in [-0.3, -0.25) is 4.79 Å². The Kier molecular flexibility index (Phi) is 3.64. The number of halogens is 1. The van der Waals surface area contributed by atoms with Crippen molar-refractivity contribution in [3.63, 3.8) is 0 Å². The monoisotopic (exact) mass is 252 g/mol. The Labute approximate surface area is 105 Å². The molecular formula is C12H13ClN2O2. The zero-order chi connectivity index (χ0) is 12.3. The topological polar surface area (TPSA) is 50.7 Å². The summed E-state index contributed by atoms with van der Waals surface area (Å²) in [6.45, 7) is 1.75. The van der Waals surface area contributed by atoms with Crippen LogP contribution in [-0.4, -0.2) is 17.2 Å². The number of hydrazone groups is 1. The van der Waals surface area contributed by atoms with Crippen LogP contribution in [0.2, 0.25) is 0 Å². The van der Waals surface area contributed by atoms with E-state index in [1.807, 2.05) is 24.3 Å². The van der Waals surface area contributed by atoms with Crippen LogP contribution in [0.5, 0.6) is 5.75 Å². The highest BCUT2D eigenvalue weighted by Gasteiger charge is 2.17. The Morgan fingerprint density at radius 3 is 2.82 bits per heavy atom. The number of nitrogens with one attached hydrogen (secondary N) is 1. The predicted molar refractivity (Wildman–Crippen MR) is 66.3 cm³/mol. The maximum absolute atomic E-state index is 11.0. The zero-order valence-corrected chi connectivity index (χ0v) is 10.2. The number of rotatable bonds is 3. The van der Waals surface area contributed by atoms with Crippen molar-refractivity contribution in [1.29, 1.82) is 0 Å². The molecule has 0 bridgehead atoms. The van der Waals surface area contributed by atoms with Gasteiger partial charge < -0.3 is 4.74 Å². The maximum Gasteiger partial charge on any atom is 0.240 e. The average molecular weight is 253 g/mol. The van der Waals surface area contributed by atoms with Crippen LogP contribution in [0.4, 0.5) is 0 Å². The molecule has 90 valence electrons. The van der Waals surface area contributed by atoms with Crippen molar-refractivity contribution in [3.8, 4) is 5.75 Å². The second-order valence-corrected chi connectivity index (χ2v) is 4.37. The van der Waals surface area contributed by atoms with Crippen LogP contribution >= 0.6 is 11.6 Å². The summed E-state index contributed by atoms with van der Waals surface area (Å²) in [7, 11) is 0. The van der Waals surface area contributed by atoms with Crippen LogP contribution in [0.1, 0.15) is 25.3 Å². The van der Waals surface area contributed by atoms with E-state index in [-0.39, 0.29) is 5.91 Å². The van der Waals surface area contributed by atoms with E-state index in [1.54, 1.807) is 6.92 Å². The van der Waals surface area contributed by atoms with Crippen molar-refractivity contribution in [2.45, 2.75) is 25.3 Å². The van der Waals surface area contributed by atoms with Crippen molar-refractivity contribution in [3.05, 3.63) is 29.8 Å². The Morgan fingerprint density at radius 2 is 2.18 bits per heavy atom. The van der Waals surface area contributed by atoms with E-state index in [2.05, 4.69) is 10.5 Å². The minimum absolute atomic E-state index is 0.0575. The van der Waals surface area contributed by atoms with Crippen LogP contribution < -0.4 is 10.2 Å². The number of alkyl halides is 1. The van der Waals surface area contributed by atoms with Gasteiger partial charge in [0.15, 0.2) is 5.56 Å². The molecule has 0 fully saturated rings. The Morgan fingerprint density at radius 1 is 1.41 bits per heavy atom. The summed E-state index contributed by atoms with van der Waals surface area (Å²) in [5, 5.41) is 4.04. The molecule has 1 aliphatic heterocycles. The Bertz CT molecular complexity index is 458. The van der Waals surface area contributed by atoms with Crippen molar-refractivity contribution in [1.82, 2.24) is 5.43 Å². The molecule has 1 atom stereocenters. The zero-order valence-electron chi connectivity index (χ0n) is 9.44. The number of hydrogen-bond donors (Lipinski definition) is 1. The first-order valence-electron chi connectivity index (χ1n) is 5.42. The Balaban J connectivity index is 2.28. The number of benzene rings is 1. The van der Waals surface area contributed by atoms with E-state index >= 15 is 0 Å². The van der Waals surface area contributed by atoms with Crippen LogP contribution in [0.25, 0.3) is 0 Å². The first-order chi connectivity index (χ1) is 8.16. The molecule has 4 nitrogen and oxygen atoms in total. The van der Waals surface area contributed by atoms with E-state index in [4.69, 9.17) is 16.3 Å². The molecule has 1 N–H and O–H groups in total. The molecule has 5 heteroatoms. The minimum atomic E-state index is -0.407. The lowest BCUT2D eigenvalue weighted by molar-refractivity contribution is -0.121. The van der Waals surface area contributed by atoms with Gasteiger partial charge in [-0.05, 0) is 19.1 Å². The fourth-order valence-corrected chi connectivity index (χ4v) is 1.75. The maximum atomic E-state index is 11.0. The number of carbonyl (C=O) groups excluding carboxylic acids is 1. The largest absolute Gasteiger partial charge is 0.474 e. The SMILES string of the molecule is CC(Cl)Oc1ccccc1C1=NNC(=O)CC1. The molecule has 0 aromatic heterocycles. The molecule has 0 saturated carbocycles. The number of carbonyl (C=O) groups is 1. The molecule has 1 aromatic carbocycles. The summed E-state index contributed by atoms with van der Waals surface area (Å²) in [5.41, 5.74) is 3.76. The molecule has 0 spiro atoms. The second kappa shape index (κ2) is 5.19. The fourth-order valence-electron chi connectivity index (χ4n) is 1.65. The highest BCUT2D eigenvalue weighted by atomic mass is 35.5. The minimum Gasteiger partial charge on any atom is -0.474 e. The van der Waals surface area contributed by atoms with Crippen LogP contribution in [0.3, 0.4) is 0 Å². The fraction of sp³-hybridized carbons (Fsp3) is 0.333. The molecule has 1 amide bonds. The molecule has 1 aromatic rings. The van der Waals surface area contributed by atoms with Gasteiger partial charge in [0.2, 0.25) is 5.91 Å². The highest BCUT2D eigenvalue weighted by Crippen LogP contribution is 2.23. The average Bonchev–Trinajstić information content (AvgIpc) is 2.30. The lowest BCUT2D eigenvalue weighted by atomic mass is 10.0. The van der Waals surface area contributed by atoms with E-state index < -0.39 is 5.56 Å². The Hall–Kier alpha value is -1.55. The lowest BCUT2D eigenvalue weighted by Gasteiger charge is -2.16. The van der Waals surface area contributed by atoms with Gasteiger partial charge in [-0.2, -0.15) is 5.10 Å². The molecule has 1 aliphatic rings. The quantitative estimate of drug-likeness (QED) is 0.839. The van der Waals surface area contributed by atoms with Crippen LogP contribution in [0, 0.1) is 0 Å². The number of amides is 1. The van der Waals surface area contributed by atoms with Crippen LogP contribution in [0.15, 0.2) is 29.4 Å². The van der Waals surface area contributed by atoms with Gasteiger partial charge >= 0.3 is 0 Å². The summed E-state index contributed by atoms with van der Waals surface area (Å²) in [6.07, 6.45) is 1.06. The van der Waals surface area contributed by atoms with Gasteiger partial charge in [0.05, 0.1) is 5.71 Å². The molecular weight excluding hydrogens is 240 g/mol. The number of hydrogen-bond acceptors (Lipinski definition) is 3. The van der Waals surface area contributed by atoms with E-state index in [0.29, 0.717) is 18.6 Å². The third-order valence-electron chi connectivity index (χ3n) is 2.39. The summed E-state index contributed by atoms with van der Waals surface area (Å²) in [6, 6.07) is 7.53. The van der Waals surface area contributed by atoms with Crippen molar-refractivity contribution < 1.29 is 9.53 Å². The molecule has 17 heavy (non-hydrogen) atoms. The highest BCUT2D eigenvalue weighted by molar-refractivity contribution is 6.19. The number of nitrogens with zero attached hydrogens (tertiary/aromatic N) is 1. The van der Waals surface area contributed by atoms with Gasteiger partial charge in [0, 0.05) is 18.4 Å². The van der Waals surface area contributed by atoms with Gasteiger partial charge in [-0.1, -0.05) is 23.7 Å². The number of para-hydroxylation sites is 1. The predicted octanol–water partition coefficient (Wildman–Crippen LogP) is 2.26. The third kappa shape index (κ3) is 2.97. The summed E-state index contributed by atoms with van der Waals surface area (Å²) in [4.78, 5) is 11.0. The standard InChI is InChI=1S/C12H13ClN2O2/c1-8(13)17-11-5-3-2-4-9(11)10-6-7-12(16)15-14-10/h2-5,8H,6-7H2,1H3,(H,15,16). The molecule has 0 aliphatic carbocycles. The van der Waals surface area contributed by atoms with E-state index in [9.17, 15) is 4.79 Å². The first-order valence-corrected chi connectivity index (χ1v) is 5.86. The summed E-state index contributed by atoms with van der Waals surface area (Å²) in [5.74, 6) is 0.628. The first kappa shape index (κ1) is 11.9. The normalized spacial score (nSPS) is 17.1. The summed E-state index contributed by atoms with van der Waals surface area (Å²) < 4.78 is 5.50. The molecule has 2 rings (SSSR count). The van der Waals surface area contributed by atoms with Gasteiger partial charge in [0.1, 0.15) is 5.75 Å². The van der Waals surface area contributed by atoms with Crippen molar-refractivity contribution in [2.75, 3.05) is 0 Å². The van der Waals surface area contributed by atoms with Crippen molar-refractivity contribution in [2.24, 2.45) is 5.10 Å². The van der Waals surface area contributed by atoms with Gasteiger partial charge in [0.25, 0.3) is 0 Å². The van der Waals surface area contributed by atoms with Gasteiger partial charge in [-0.25, -0.2) is 5.43 Å². The second-order valence-electron chi connectivity index (χ2n) is 3.75. The molecule has 1 heterocycles. The van der Waals surface area contributed by atoms with E-state index in [0.717, 1.165) is 11.3 Å². The van der Waals surface area contributed by atoms with Crippen molar-refractivity contribution >= 4 is 23.2 Å². The van der Waals surface area contributed by atoms with E-state index in [1.165, 1.54) is 0 Å². The number of ether oxygens (including phenoxy) is 1. The lowest BCUT2D eigenvalue weighted by Crippen LogP contribution is -2.26.